The molecule has 2 heterocycles. The van der Waals surface area contributed by atoms with Crippen molar-refractivity contribution in [2.24, 2.45) is 5.73 Å². The van der Waals surface area contributed by atoms with E-state index in [-0.39, 0.29) is 18.3 Å². The van der Waals surface area contributed by atoms with Gasteiger partial charge in [-0.2, -0.15) is 4.98 Å². The first kappa shape index (κ1) is 10.3. The Hall–Kier alpha value is -1.18. The van der Waals surface area contributed by atoms with E-state index in [0.717, 1.165) is 0 Å². The third kappa shape index (κ3) is 2.09. The lowest BCUT2D eigenvalue weighted by molar-refractivity contribution is 0.260. The molecule has 0 amide bonds. The molecule has 0 aliphatic rings. The number of nitrogens with two attached hydrogens (primary N) is 1. The summed E-state index contributed by atoms with van der Waals surface area (Å²) in [5.41, 5.74) is 5.52. The largest absolute Gasteiger partial charge is 0.444 e. The number of hydrogen-bond donors (Lipinski definition) is 2. The Kier molecular flexibility index (Phi) is 2.85. The monoisotopic (exact) mass is 273 g/mol. The van der Waals surface area contributed by atoms with Gasteiger partial charge in [-0.25, -0.2) is 0 Å². The van der Waals surface area contributed by atoms with Crippen LogP contribution in [0.3, 0.4) is 0 Å². The highest BCUT2D eigenvalue weighted by molar-refractivity contribution is 9.10. The second-order valence-corrected chi connectivity index (χ2v) is 3.63. The van der Waals surface area contributed by atoms with Crippen molar-refractivity contribution in [3.63, 3.8) is 0 Å². The van der Waals surface area contributed by atoms with E-state index in [1.807, 2.05) is 0 Å². The van der Waals surface area contributed by atoms with Crippen molar-refractivity contribution in [3.8, 4) is 11.7 Å². The fourth-order valence-corrected chi connectivity index (χ4v) is 1.30. The Morgan fingerprint density at radius 1 is 1.53 bits per heavy atom. The summed E-state index contributed by atoms with van der Waals surface area (Å²) in [5, 5.41) is 12.4. The van der Waals surface area contributed by atoms with Crippen molar-refractivity contribution in [1.82, 2.24) is 10.1 Å². The van der Waals surface area contributed by atoms with Gasteiger partial charge in [-0.3, -0.25) is 0 Å². The smallest absolute Gasteiger partial charge is 0.293 e. The Balaban J connectivity index is 2.27. The summed E-state index contributed by atoms with van der Waals surface area (Å²) in [6.45, 7) is -0.235. The molecule has 1 atom stereocenters. The molecule has 0 aliphatic carbocycles. The molecular weight excluding hydrogens is 266 g/mol. The van der Waals surface area contributed by atoms with Gasteiger partial charge in [0.25, 0.3) is 5.89 Å². The van der Waals surface area contributed by atoms with Crippen LogP contribution < -0.4 is 5.73 Å². The molecule has 0 aliphatic heterocycles. The normalized spacial score (nSPS) is 13.0. The third-order valence-electron chi connectivity index (χ3n) is 1.75. The Morgan fingerprint density at radius 3 is 2.93 bits per heavy atom. The predicted octanol–water partition coefficient (Wildman–Crippen LogP) is 1.08. The highest BCUT2D eigenvalue weighted by atomic mass is 79.9. The van der Waals surface area contributed by atoms with Gasteiger partial charge in [-0.1, -0.05) is 5.16 Å². The van der Waals surface area contributed by atoms with Crippen LogP contribution in [0.5, 0.6) is 0 Å². The number of hydrogen-bond acceptors (Lipinski definition) is 6. The lowest BCUT2D eigenvalue weighted by Gasteiger charge is -1.98. The van der Waals surface area contributed by atoms with Crippen LogP contribution in [-0.4, -0.2) is 21.9 Å². The van der Waals surface area contributed by atoms with Gasteiger partial charge in [0.1, 0.15) is 0 Å². The summed E-state index contributed by atoms with van der Waals surface area (Å²) in [5.74, 6) is 0.936. The molecule has 3 N–H and O–H groups in total. The number of nitrogens with zero attached hydrogens (tertiary/aromatic N) is 2. The topological polar surface area (TPSA) is 98.3 Å². The number of aliphatic hydroxyl groups excluding tert-OH is 1. The average molecular weight is 274 g/mol. The van der Waals surface area contributed by atoms with E-state index in [1.54, 1.807) is 12.1 Å². The van der Waals surface area contributed by atoms with Crippen molar-refractivity contribution in [1.29, 1.82) is 0 Å². The van der Waals surface area contributed by atoms with E-state index in [4.69, 9.17) is 19.8 Å². The standard InChI is InChI=1S/C8H8BrN3O3/c9-6-2-1-5(14-6)8-11-7(12-15-8)4(10)3-13/h1-2,4,13H,3,10H2. The van der Waals surface area contributed by atoms with Crippen LogP contribution in [0.2, 0.25) is 0 Å². The van der Waals surface area contributed by atoms with E-state index in [1.165, 1.54) is 0 Å². The molecule has 0 radical (unpaired) electrons. The molecule has 1 unspecified atom stereocenters. The first-order chi connectivity index (χ1) is 7.20. The Labute approximate surface area is 93.2 Å². The molecule has 2 aromatic rings. The summed E-state index contributed by atoms with van der Waals surface area (Å²) in [7, 11) is 0. The Bertz CT molecular complexity index is 453. The third-order valence-corrected chi connectivity index (χ3v) is 2.18. The summed E-state index contributed by atoms with van der Waals surface area (Å²) >= 11 is 3.16. The van der Waals surface area contributed by atoms with E-state index in [9.17, 15) is 0 Å². The number of rotatable bonds is 3. The zero-order valence-corrected chi connectivity index (χ0v) is 9.14. The molecular formula is C8H8BrN3O3. The number of aliphatic hydroxyl groups is 1. The summed E-state index contributed by atoms with van der Waals surface area (Å²) < 4.78 is 10.7. The molecule has 0 saturated carbocycles. The summed E-state index contributed by atoms with van der Waals surface area (Å²) in [6, 6.07) is 2.76. The van der Waals surface area contributed by atoms with Crippen LogP contribution in [0.25, 0.3) is 11.7 Å². The molecule has 0 fully saturated rings. The maximum atomic E-state index is 8.79. The van der Waals surface area contributed by atoms with E-state index in [2.05, 4.69) is 26.1 Å². The quantitative estimate of drug-likeness (QED) is 0.869. The minimum Gasteiger partial charge on any atom is -0.444 e. The molecule has 0 saturated heterocycles. The van der Waals surface area contributed by atoms with Crippen LogP contribution in [0.15, 0.2) is 25.7 Å². The summed E-state index contributed by atoms with van der Waals surface area (Å²) in [6.07, 6.45) is 0. The van der Waals surface area contributed by atoms with Crippen LogP contribution in [0.1, 0.15) is 11.9 Å². The van der Waals surface area contributed by atoms with Crippen molar-refractivity contribution in [2.75, 3.05) is 6.61 Å². The van der Waals surface area contributed by atoms with Gasteiger partial charge >= 0.3 is 0 Å². The molecule has 15 heavy (non-hydrogen) atoms. The van der Waals surface area contributed by atoms with Crippen LogP contribution in [-0.2, 0) is 0 Å². The number of halogens is 1. The number of aromatic nitrogens is 2. The SMILES string of the molecule is NC(CO)c1noc(-c2ccc(Br)o2)n1. The summed E-state index contributed by atoms with van der Waals surface area (Å²) in [4.78, 5) is 3.99. The second-order valence-electron chi connectivity index (χ2n) is 2.85. The van der Waals surface area contributed by atoms with E-state index >= 15 is 0 Å². The van der Waals surface area contributed by atoms with Gasteiger partial charge in [-0.15, -0.1) is 0 Å². The highest BCUT2D eigenvalue weighted by Gasteiger charge is 2.16. The maximum Gasteiger partial charge on any atom is 0.293 e. The molecule has 0 spiro atoms. The fraction of sp³-hybridized carbons (Fsp3) is 0.250. The van der Waals surface area contributed by atoms with Crippen LogP contribution >= 0.6 is 15.9 Å². The van der Waals surface area contributed by atoms with E-state index < -0.39 is 6.04 Å². The van der Waals surface area contributed by atoms with Crippen molar-refractivity contribution < 1.29 is 14.0 Å². The van der Waals surface area contributed by atoms with Gasteiger partial charge in [-0.05, 0) is 28.1 Å². The lowest BCUT2D eigenvalue weighted by Crippen LogP contribution is -2.15. The van der Waals surface area contributed by atoms with Crippen molar-refractivity contribution in [2.45, 2.75) is 6.04 Å². The van der Waals surface area contributed by atoms with Gasteiger partial charge in [0, 0.05) is 0 Å². The average Bonchev–Trinajstić information content (AvgIpc) is 2.84. The fourth-order valence-electron chi connectivity index (χ4n) is 0.996. The minimum absolute atomic E-state index is 0.235. The predicted molar refractivity (Wildman–Crippen MR) is 53.7 cm³/mol. The second kappa shape index (κ2) is 4.13. The zero-order valence-electron chi connectivity index (χ0n) is 7.55. The van der Waals surface area contributed by atoms with Gasteiger partial charge in [0.15, 0.2) is 16.3 Å². The molecule has 7 heteroatoms. The molecule has 6 nitrogen and oxygen atoms in total. The molecule has 2 aromatic heterocycles. The molecule has 2 rings (SSSR count). The van der Waals surface area contributed by atoms with Gasteiger partial charge in [0.2, 0.25) is 0 Å². The Morgan fingerprint density at radius 2 is 2.33 bits per heavy atom. The lowest BCUT2D eigenvalue weighted by atomic mass is 10.3. The van der Waals surface area contributed by atoms with Gasteiger partial charge < -0.3 is 19.8 Å². The highest BCUT2D eigenvalue weighted by Crippen LogP contribution is 2.23. The van der Waals surface area contributed by atoms with E-state index in [0.29, 0.717) is 10.4 Å². The first-order valence-corrected chi connectivity index (χ1v) is 4.95. The first-order valence-electron chi connectivity index (χ1n) is 4.16. The molecule has 0 aromatic carbocycles. The minimum atomic E-state index is -0.638. The van der Waals surface area contributed by atoms with Crippen LogP contribution in [0, 0.1) is 0 Å². The zero-order chi connectivity index (χ0) is 10.8. The van der Waals surface area contributed by atoms with Gasteiger partial charge in [0.05, 0.1) is 12.6 Å². The van der Waals surface area contributed by atoms with Crippen molar-refractivity contribution in [3.05, 3.63) is 22.6 Å². The maximum absolute atomic E-state index is 8.79. The molecule has 80 valence electrons. The number of furan rings is 1. The van der Waals surface area contributed by atoms with Crippen molar-refractivity contribution >= 4 is 15.9 Å². The molecule has 0 bridgehead atoms. The van der Waals surface area contributed by atoms with Crippen LogP contribution in [0.4, 0.5) is 0 Å².